The second-order valence-electron chi connectivity index (χ2n) is 9.53. The van der Waals surface area contributed by atoms with Crippen molar-refractivity contribution in [3.05, 3.63) is 35.9 Å². The number of piperidine rings is 1. The largest absolute Gasteiger partial charge is 0.347 e. The van der Waals surface area contributed by atoms with Crippen molar-refractivity contribution in [2.45, 2.75) is 57.0 Å². The molecule has 1 aliphatic carbocycles. The van der Waals surface area contributed by atoms with E-state index < -0.39 is 5.54 Å². The van der Waals surface area contributed by atoms with Crippen LogP contribution in [0.2, 0.25) is 0 Å². The molecule has 4 atom stereocenters. The molecule has 3 aliphatic heterocycles. The van der Waals surface area contributed by atoms with Gasteiger partial charge in [-0.2, -0.15) is 0 Å². The predicted octanol–water partition coefficient (Wildman–Crippen LogP) is 1.94. The summed E-state index contributed by atoms with van der Waals surface area (Å²) in [6.45, 7) is 5.30. The van der Waals surface area contributed by atoms with Crippen molar-refractivity contribution >= 4 is 11.8 Å². The Bertz CT molecular complexity index is 838. The van der Waals surface area contributed by atoms with Gasteiger partial charge in [-0.1, -0.05) is 12.2 Å². The summed E-state index contributed by atoms with van der Waals surface area (Å²) < 4.78 is 0. The molecule has 0 bridgehead atoms. The number of hydrogen-bond donors (Lipinski definition) is 1. The molecule has 3 fully saturated rings. The van der Waals surface area contributed by atoms with Gasteiger partial charge in [0.2, 0.25) is 5.91 Å². The molecule has 30 heavy (non-hydrogen) atoms. The zero-order valence-electron chi connectivity index (χ0n) is 17.7. The lowest BCUT2D eigenvalue weighted by molar-refractivity contribution is -0.144. The Morgan fingerprint density at radius 1 is 1.07 bits per heavy atom. The van der Waals surface area contributed by atoms with E-state index in [2.05, 4.69) is 37.2 Å². The number of aryl methyl sites for hydroxylation is 1. The van der Waals surface area contributed by atoms with Gasteiger partial charge in [0.1, 0.15) is 11.2 Å². The molecule has 5 rings (SSSR count). The lowest BCUT2D eigenvalue weighted by atomic mass is 9.84. The maximum atomic E-state index is 13.8. The molecule has 0 radical (unpaired) electrons. The lowest BCUT2D eigenvalue weighted by Gasteiger charge is -2.42. The van der Waals surface area contributed by atoms with E-state index in [0.29, 0.717) is 29.9 Å². The quantitative estimate of drug-likeness (QED) is 0.772. The van der Waals surface area contributed by atoms with Gasteiger partial charge in [-0.15, -0.1) is 0 Å². The molecule has 1 aromatic heterocycles. The summed E-state index contributed by atoms with van der Waals surface area (Å²) in [5, 5.41) is 3.13. The van der Waals surface area contributed by atoms with E-state index >= 15 is 0 Å². The molecule has 4 aliphatic rings. The topological polar surface area (TPSA) is 78.4 Å². The van der Waals surface area contributed by atoms with Crippen LogP contribution in [0.25, 0.3) is 0 Å². The van der Waals surface area contributed by atoms with Crippen LogP contribution in [0.3, 0.4) is 0 Å². The fourth-order valence-corrected chi connectivity index (χ4v) is 6.00. The van der Waals surface area contributed by atoms with Gasteiger partial charge in [-0.3, -0.25) is 19.5 Å². The Kier molecular flexibility index (Phi) is 5.09. The number of nitrogens with one attached hydrogen (secondary N) is 1. The van der Waals surface area contributed by atoms with Crippen molar-refractivity contribution in [1.82, 2.24) is 25.1 Å². The van der Waals surface area contributed by atoms with Crippen molar-refractivity contribution in [2.75, 3.05) is 26.2 Å². The van der Waals surface area contributed by atoms with Crippen LogP contribution in [-0.4, -0.2) is 69.3 Å². The molecule has 3 saturated heterocycles. The lowest BCUT2D eigenvalue weighted by Crippen LogP contribution is -2.58. The summed E-state index contributed by atoms with van der Waals surface area (Å²) in [5.74, 6) is 1.32. The van der Waals surface area contributed by atoms with Gasteiger partial charge in [0.05, 0.1) is 11.9 Å². The monoisotopic (exact) mass is 409 g/mol. The highest BCUT2D eigenvalue weighted by Gasteiger charge is 2.54. The van der Waals surface area contributed by atoms with Gasteiger partial charge in [-0.25, -0.2) is 4.98 Å². The predicted molar refractivity (Wildman–Crippen MR) is 113 cm³/mol. The maximum Gasteiger partial charge on any atom is 0.271 e. The standard InChI is InChI=1S/C23H31N5O2/c1-16-11-25-20(12-24-16)21(29)26-19-10-23(8-4-5-9-28(23)15-19)22(30)27-13-17-6-2-3-7-18(17)14-27/h2-3,11-12,17-19H,4-10,13-15H2,1H3,(H,26,29)/t17-,18+,19-,23-/m0/s1. The molecule has 160 valence electrons. The first kappa shape index (κ1) is 19.7. The number of carbonyl (C=O) groups excluding carboxylic acids is 2. The molecule has 1 aromatic rings. The van der Waals surface area contributed by atoms with E-state index in [0.717, 1.165) is 64.0 Å². The number of carbonyl (C=O) groups is 2. The molecular weight excluding hydrogens is 378 g/mol. The normalized spacial score (nSPS) is 33.2. The molecule has 7 nitrogen and oxygen atoms in total. The fraction of sp³-hybridized carbons (Fsp3) is 0.652. The van der Waals surface area contributed by atoms with Crippen LogP contribution in [0, 0.1) is 18.8 Å². The van der Waals surface area contributed by atoms with Gasteiger partial charge >= 0.3 is 0 Å². The molecule has 0 spiro atoms. The zero-order chi connectivity index (χ0) is 20.7. The number of rotatable bonds is 3. The fourth-order valence-electron chi connectivity index (χ4n) is 6.00. The Morgan fingerprint density at radius 2 is 1.83 bits per heavy atom. The third kappa shape index (κ3) is 3.43. The van der Waals surface area contributed by atoms with Gasteiger partial charge in [0.15, 0.2) is 0 Å². The van der Waals surface area contributed by atoms with Crippen LogP contribution in [0.1, 0.15) is 54.7 Å². The molecule has 4 heterocycles. The van der Waals surface area contributed by atoms with Crippen LogP contribution in [0.4, 0.5) is 0 Å². The van der Waals surface area contributed by atoms with E-state index in [4.69, 9.17) is 0 Å². The van der Waals surface area contributed by atoms with Gasteiger partial charge in [0, 0.05) is 31.9 Å². The van der Waals surface area contributed by atoms with Crippen LogP contribution >= 0.6 is 0 Å². The number of allylic oxidation sites excluding steroid dienone is 2. The summed E-state index contributed by atoms with van der Waals surface area (Å²) in [6, 6.07) is -0.0331. The van der Waals surface area contributed by atoms with Crippen molar-refractivity contribution in [1.29, 1.82) is 0 Å². The van der Waals surface area contributed by atoms with Gasteiger partial charge < -0.3 is 10.2 Å². The number of aromatic nitrogens is 2. The smallest absolute Gasteiger partial charge is 0.271 e. The second kappa shape index (κ2) is 7.76. The zero-order valence-corrected chi connectivity index (χ0v) is 17.7. The van der Waals surface area contributed by atoms with Crippen LogP contribution in [0.15, 0.2) is 24.5 Å². The number of nitrogens with zero attached hydrogens (tertiary/aromatic N) is 4. The van der Waals surface area contributed by atoms with Crippen molar-refractivity contribution in [3.8, 4) is 0 Å². The summed E-state index contributed by atoms with van der Waals surface area (Å²) in [5.41, 5.74) is 0.674. The first-order valence-electron chi connectivity index (χ1n) is 11.3. The van der Waals surface area contributed by atoms with Gasteiger partial charge in [0.25, 0.3) is 5.91 Å². The highest BCUT2D eigenvalue weighted by molar-refractivity contribution is 5.92. The minimum atomic E-state index is -0.448. The van der Waals surface area contributed by atoms with Crippen LogP contribution in [0.5, 0.6) is 0 Å². The molecule has 0 unspecified atom stereocenters. The molecule has 7 heteroatoms. The van der Waals surface area contributed by atoms with E-state index in [1.165, 1.54) is 6.20 Å². The minimum Gasteiger partial charge on any atom is -0.347 e. The van der Waals surface area contributed by atoms with Gasteiger partial charge in [-0.05, 0) is 63.8 Å². The highest BCUT2D eigenvalue weighted by atomic mass is 16.2. The molecule has 0 aromatic carbocycles. The van der Waals surface area contributed by atoms with E-state index in [-0.39, 0.29) is 11.9 Å². The highest BCUT2D eigenvalue weighted by Crippen LogP contribution is 2.42. The van der Waals surface area contributed by atoms with Crippen LogP contribution in [-0.2, 0) is 4.79 Å². The Balaban J connectivity index is 1.30. The van der Waals surface area contributed by atoms with E-state index in [9.17, 15) is 9.59 Å². The summed E-state index contributed by atoms with van der Waals surface area (Å²) in [6.07, 6.45) is 13.7. The number of likely N-dealkylation sites (tertiary alicyclic amines) is 1. The summed E-state index contributed by atoms with van der Waals surface area (Å²) >= 11 is 0. The number of amides is 2. The first-order chi connectivity index (χ1) is 14.5. The molecule has 1 N–H and O–H groups in total. The number of fused-ring (bicyclic) bond motifs is 2. The average Bonchev–Trinajstić information content (AvgIpc) is 3.35. The van der Waals surface area contributed by atoms with E-state index in [1.54, 1.807) is 6.20 Å². The average molecular weight is 410 g/mol. The first-order valence-corrected chi connectivity index (χ1v) is 11.3. The van der Waals surface area contributed by atoms with E-state index in [1.807, 2.05) is 6.92 Å². The Hall–Kier alpha value is -2.28. The SMILES string of the molecule is Cc1cnc(C(=O)N[C@@H]2CN3CCCC[C@@]3(C(=O)N3C[C@H]4CC=CC[C@H]4C3)C2)cn1. The summed E-state index contributed by atoms with van der Waals surface area (Å²) in [7, 11) is 0. The van der Waals surface area contributed by atoms with Crippen molar-refractivity contribution in [2.24, 2.45) is 11.8 Å². The minimum absolute atomic E-state index is 0.0331. The summed E-state index contributed by atoms with van der Waals surface area (Å²) in [4.78, 5) is 39.4. The van der Waals surface area contributed by atoms with Crippen LogP contribution < -0.4 is 5.32 Å². The Morgan fingerprint density at radius 3 is 2.53 bits per heavy atom. The number of hydrogen-bond acceptors (Lipinski definition) is 5. The molecule has 2 amide bonds. The Labute approximate surface area is 177 Å². The maximum absolute atomic E-state index is 13.8. The van der Waals surface area contributed by atoms with Crippen molar-refractivity contribution < 1.29 is 9.59 Å². The third-order valence-electron chi connectivity index (χ3n) is 7.55. The third-order valence-corrected chi connectivity index (χ3v) is 7.55. The van der Waals surface area contributed by atoms with Crippen molar-refractivity contribution in [3.63, 3.8) is 0 Å². The molecule has 0 saturated carbocycles. The molecular formula is C23H31N5O2. The second-order valence-corrected chi connectivity index (χ2v) is 9.53.